The molecule has 0 bridgehead atoms. The van der Waals surface area contributed by atoms with Crippen LogP contribution in [-0.4, -0.2) is 9.55 Å². The summed E-state index contributed by atoms with van der Waals surface area (Å²) in [5.74, 6) is 2.71. The molecule has 0 saturated heterocycles. The lowest BCUT2D eigenvalue weighted by molar-refractivity contribution is -0.0203. The highest BCUT2D eigenvalue weighted by molar-refractivity contribution is 5.29. The first kappa shape index (κ1) is 15.9. The van der Waals surface area contributed by atoms with Gasteiger partial charge in [0, 0.05) is 18.4 Å². The van der Waals surface area contributed by atoms with Crippen LogP contribution in [0.15, 0.2) is 42.0 Å². The number of nitrogens with zero attached hydrogens (tertiary/aromatic N) is 2. The van der Waals surface area contributed by atoms with E-state index in [1.54, 1.807) is 11.1 Å². The molecule has 2 heteroatoms. The Bertz CT molecular complexity index is 727. The Hall–Kier alpha value is -1.31. The Morgan fingerprint density at radius 2 is 1.88 bits per heavy atom. The molecule has 6 atom stereocenters. The van der Waals surface area contributed by atoms with Crippen molar-refractivity contribution in [2.45, 2.75) is 71.8 Å². The number of imidazole rings is 1. The average Bonchev–Trinajstić information content (AvgIpc) is 3.23. The third-order valence-corrected chi connectivity index (χ3v) is 8.99. The summed E-state index contributed by atoms with van der Waals surface area (Å²) in [5, 5.41) is 0. The summed E-state index contributed by atoms with van der Waals surface area (Å²) in [7, 11) is 0. The molecule has 1 aromatic heterocycles. The predicted octanol–water partition coefficient (Wildman–Crippen LogP) is 5.94. The van der Waals surface area contributed by atoms with E-state index in [4.69, 9.17) is 0 Å². The summed E-state index contributed by atoms with van der Waals surface area (Å²) in [4.78, 5) is 4.27. The molecule has 2 nitrogen and oxygen atoms in total. The Morgan fingerprint density at radius 3 is 2.68 bits per heavy atom. The quantitative estimate of drug-likeness (QED) is 0.580. The van der Waals surface area contributed by atoms with Crippen molar-refractivity contribution < 1.29 is 0 Å². The predicted molar refractivity (Wildman–Crippen MR) is 102 cm³/mol. The Morgan fingerprint density at radius 1 is 1.04 bits per heavy atom. The third-order valence-electron chi connectivity index (χ3n) is 8.99. The molecular formula is C23H32N2. The van der Waals surface area contributed by atoms with Crippen LogP contribution in [0.4, 0.5) is 0 Å². The van der Waals surface area contributed by atoms with Gasteiger partial charge in [-0.2, -0.15) is 0 Å². The zero-order valence-corrected chi connectivity index (χ0v) is 16.0. The second kappa shape index (κ2) is 5.34. The van der Waals surface area contributed by atoms with Gasteiger partial charge in [-0.25, -0.2) is 4.98 Å². The fraction of sp³-hybridized carbons (Fsp3) is 0.696. The van der Waals surface area contributed by atoms with Crippen LogP contribution in [0, 0.1) is 28.6 Å². The highest BCUT2D eigenvalue weighted by Crippen LogP contribution is 2.65. The average molecular weight is 337 g/mol. The first-order chi connectivity index (χ1) is 12.0. The van der Waals surface area contributed by atoms with Crippen molar-refractivity contribution in [2.75, 3.05) is 0 Å². The van der Waals surface area contributed by atoms with Crippen LogP contribution in [0.2, 0.25) is 0 Å². The van der Waals surface area contributed by atoms with Crippen molar-refractivity contribution in [1.82, 2.24) is 9.55 Å². The smallest absolute Gasteiger partial charge is 0.0948 e. The number of hydrogen-bond donors (Lipinski definition) is 0. The highest BCUT2D eigenvalue weighted by atomic mass is 15.1. The molecule has 5 rings (SSSR count). The van der Waals surface area contributed by atoms with Crippen LogP contribution >= 0.6 is 0 Å². The standard InChI is InChI=1S/C23H32N2/c1-16-4-7-20-19-6-5-17-14-18(25-13-12-24-15-25)8-10-23(17,3)21(19)9-11-22(16,20)2/h4-5,12-13,15,18-21H,6-11,14H2,1-3H3. The summed E-state index contributed by atoms with van der Waals surface area (Å²) in [6.45, 7) is 7.56. The van der Waals surface area contributed by atoms with E-state index in [9.17, 15) is 0 Å². The minimum atomic E-state index is 0.456. The second-order valence-corrected chi connectivity index (χ2v) is 9.74. The topological polar surface area (TPSA) is 17.8 Å². The van der Waals surface area contributed by atoms with E-state index in [2.05, 4.69) is 48.7 Å². The van der Waals surface area contributed by atoms with E-state index >= 15 is 0 Å². The molecular weight excluding hydrogens is 304 g/mol. The van der Waals surface area contributed by atoms with Gasteiger partial charge < -0.3 is 4.57 Å². The van der Waals surface area contributed by atoms with E-state index in [1.165, 1.54) is 44.9 Å². The zero-order valence-electron chi connectivity index (χ0n) is 16.0. The number of fused-ring (bicyclic) bond motifs is 5. The van der Waals surface area contributed by atoms with E-state index in [1.807, 2.05) is 12.5 Å². The van der Waals surface area contributed by atoms with E-state index in [0.29, 0.717) is 16.9 Å². The van der Waals surface area contributed by atoms with Crippen molar-refractivity contribution in [3.8, 4) is 0 Å². The maximum atomic E-state index is 4.27. The van der Waals surface area contributed by atoms with E-state index < -0.39 is 0 Å². The van der Waals surface area contributed by atoms with Gasteiger partial charge in [0.05, 0.1) is 6.33 Å². The van der Waals surface area contributed by atoms with Gasteiger partial charge in [-0.05, 0) is 80.5 Å². The van der Waals surface area contributed by atoms with E-state index in [0.717, 1.165) is 17.8 Å². The van der Waals surface area contributed by atoms with Gasteiger partial charge in [-0.1, -0.05) is 37.1 Å². The van der Waals surface area contributed by atoms with Gasteiger partial charge in [0.25, 0.3) is 0 Å². The monoisotopic (exact) mass is 336 g/mol. The van der Waals surface area contributed by atoms with Gasteiger partial charge >= 0.3 is 0 Å². The van der Waals surface area contributed by atoms with Gasteiger partial charge in [0.1, 0.15) is 0 Å². The molecule has 134 valence electrons. The number of allylic oxidation sites excluding steroid dienone is 4. The fourth-order valence-electron chi connectivity index (χ4n) is 7.16. The molecule has 2 fully saturated rings. The summed E-state index contributed by atoms with van der Waals surface area (Å²) >= 11 is 0. The van der Waals surface area contributed by atoms with Gasteiger partial charge in [-0.3, -0.25) is 0 Å². The molecule has 6 unspecified atom stereocenters. The van der Waals surface area contributed by atoms with Crippen molar-refractivity contribution >= 4 is 0 Å². The van der Waals surface area contributed by atoms with Gasteiger partial charge in [-0.15, -0.1) is 0 Å². The van der Waals surface area contributed by atoms with Crippen molar-refractivity contribution in [1.29, 1.82) is 0 Å². The van der Waals surface area contributed by atoms with Crippen LogP contribution < -0.4 is 0 Å². The third kappa shape index (κ3) is 2.12. The normalized spacial score (nSPS) is 45.9. The molecule has 25 heavy (non-hydrogen) atoms. The molecule has 0 N–H and O–H groups in total. The molecule has 1 heterocycles. The molecule has 0 radical (unpaired) electrons. The maximum Gasteiger partial charge on any atom is 0.0948 e. The lowest BCUT2D eigenvalue weighted by Crippen LogP contribution is -2.49. The van der Waals surface area contributed by atoms with Crippen LogP contribution in [-0.2, 0) is 0 Å². The Kier molecular flexibility index (Phi) is 3.40. The molecule has 0 amide bonds. The molecule has 0 aliphatic heterocycles. The number of hydrogen-bond acceptors (Lipinski definition) is 1. The van der Waals surface area contributed by atoms with Gasteiger partial charge in [0.15, 0.2) is 0 Å². The lowest BCUT2D eigenvalue weighted by atomic mass is 9.47. The second-order valence-electron chi connectivity index (χ2n) is 9.74. The SMILES string of the molecule is CC1=CCC2C3CC=C4CC(n5ccnc5)CCC4(C)C3CCC12C. The van der Waals surface area contributed by atoms with Crippen LogP contribution in [0.1, 0.15) is 71.8 Å². The fourth-order valence-corrected chi connectivity index (χ4v) is 7.16. The first-order valence-electron chi connectivity index (χ1n) is 10.4. The Labute approximate surface area is 152 Å². The largest absolute Gasteiger partial charge is 0.334 e. The minimum absolute atomic E-state index is 0.456. The molecule has 4 aliphatic carbocycles. The molecule has 1 aromatic rings. The van der Waals surface area contributed by atoms with Crippen LogP contribution in [0.5, 0.6) is 0 Å². The molecule has 0 aromatic carbocycles. The van der Waals surface area contributed by atoms with Crippen LogP contribution in [0.3, 0.4) is 0 Å². The molecule has 4 aliphatic rings. The minimum Gasteiger partial charge on any atom is -0.334 e. The first-order valence-corrected chi connectivity index (χ1v) is 10.4. The molecule has 0 spiro atoms. The van der Waals surface area contributed by atoms with Gasteiger partial charge in [0.2, 0.25) is 0 Å². The number of rotatable bonds is 1. The highest BCUT2D eigenvalue weighted by Gasteiger charge is 2.56. The summed E-state index contributed by atoms with van der Waals surface area (Å²) < 4.78 is 2.34. The van der Waals surface area contributed by atoms with E-state index in [-0.39, 0.29) is 0 Å². The molecule has 2 saturated carbocycles. The van der Waals surface area contributed by atoms with Crippen molar-refractivity contribution in [3.05, 3.63) is 42.0 Å². The summed E-state index contributed by atoms with van der Waals surface area (Å²) in [6, 6.07) is 0.627. The lowest BCUT2D eigenvalue weighted by Gasteiger charge is -2.58. The van der Waals surface area contributed by atoms with Crippen molar-refractivity contribution in [3.63, 3.8) is 0 Å². The van der Waals surface area contributed by atoms with Crippen molar-refractivity contribution in [2.24, 2.45) is 28.6 Å². The Balaban J connectivity index is 1.44. The maximum absolute atomic E-state index is 4.27. The zero-order chi connectivity index (χ0) is 17.2. The summed E-state index contributed by atoms with van der Waals surface area (Å²) in [6.07, 6.45) is 20.7. The number of aromatic nitrogens is 2. The van der Waals surface area contributed by atoms with Crippen LogP contribution in [0.25, 0.3) is 0 Å². The summed E-state index contributed by atoms with van der Waals surface area (Å²) in [5.41, 5.74) is 4.40.